The normalized spacial score (nSPS) is 11.5. The summed E-state index contributed by atoms with van der Waals surface area (Å²) in [6, 6.07) is 11.3. The second-order valence-electron chi connectivity index (χ2n) is 9.32. The van der Waals surface area contributed by atoms with Crippen LogP contribution in [0.2, 0.25) is 5.02 Å². The molecule has 0 aromatic heterocycles. The van der Waals surface area contributed by atoms with E-state index in [9.17, 15) is 36.0 Å². The highest BCUT2D eigenvalue weighted by Crippen LogP contribution is 2.32. The molecule has 0 radical (unpaired) electrons. The van der Waals surface area contributed by atoms with E-state index in [0.29, 0.717) is 17.7 Å². The number of nitriles is 1. The first-order valence-electron chi connectivity index (χ1n) is 12.1. The van der Waals surface area contributed by atoms with E-state index < -0.39 is 57.4 Å². The number of rotatable bonds is 9. The Bertz CT molecular complexity index is 1720. The summed E-state index contributed by atoms with van der Waals surface area (Å²) in [7, 11) is -4.13. The van der Waals surface area contributed by atoms with Crippen molar-refractivity contribution in [3.05, 3.63) is 87.4 Å². The summed E-state index contributed by atoms with van der Waals surface area (Å²) in [6.07, 6.45) is -4.81. The minimum absolute atomic E-state index is 0.0675. The summed E-state index contributed by atoms with van der Waals surface area (Å²) < 4.78 is 72.3. The van der Waals surface area contributed by atoms with Gasteiger partial charge in [0.05, 0.1) is 27.7 Å². The van der Waals surface area contributed by atoms with Gasteiger partial charge in [-0.1, -0.05) is 25.4 Å². The van der Waals surface area contributed by atoms with Crippen LogP contribution in [0, 0.1) is 24.2 Å². The molecule has 220 valence electrons. The molecule has 0 spiro atoms. The zero-order valence-electron chi connectivity index (χ0n) is 22.3. The molecular weight excluding hydrogens is 599 g/mol. The van der Waals surface area contributed by atoms with E-state index in [4.69, 9.17) is 21.6 Å². The molecular formula is C28H23ClF3N3O6S. The van der Waals surface area contributed by atoms with Gasteiger partial charge in [-0.25, -0.2) is 13.1 Å². The van der Waals surface area contributed by atoms with Crippen LogP contribution < -0.4 is 14.8 Å². The molecule has 9 nitrogen and oxygen atoms in total. The first kappa shape index (κ1) is 32.1. The van der Waals surface area contributed by atoms with Gasteiger partial charge in [0.2, 0.25) is 5.91 Å². The van der Waals surface area contributed by atoms with E-state index in [1.807, 2.05) is 4.72 Å². The number of nitrogens with zero attached hydrogens (tertiary/aromatic N) is 1. The second-order valence-corrected chi connectivity index (χ2v) is 11.4. The highest BCUT2D eigenvalue weighted by Gasteiger charge is 2.32. The molecule has 0 bridgehead atoms. The third-order valence-electron chi connectivity index (χ3n) is 5.74. The number of amides is 2. The first-order chi connectivity index (χ1) is 19.5. The van der Waals surface area contributed by atoms with Crippen molar-refractivity contribution in [2.45, 2.75) is 31.8 Å². The van der Waals surface area contributed by atoms with Gasteiger partial charge >= 0.3 is 6.18 Å². The Morgan fingerprint density at radius 1 is 1.05 bits per heavy atom. The fourth-order valence-corrected chi connectivity index (χ4v) is 4.90. The number of nitrogens with one attached hydrogen (secondary N) is 2. The van der Waals surface area contributed by atoms with Gasteiger partial charge in [-0.05, 0) is 67.1 Å². The number of carbonyl (C=O) groups excluding carboxylic acids is 3. The fraction of sp³-hybridized carbons (Fsp3) is 0.214. The number of hydrogen-bond donors (Lipinski definition) is 2. The summed E-state index contributed by atoms with van der Waals surface area (Å²) in [6.45, 7) is 3.96. The second kappa shape index (κ2) is 12.6. The minimum atomic E-state index is -4.81. The lowest BCUT2D eigenvalue weighted by Crippen LogP contribution is -2.33. The maximum Gasteiger partial charge on any atom is 0.416 e. The number of benzene rings is 3. The molecule has 3 rings (SSSR count). The average molecular weight is 622 g/mol. The fourth-order valence-electron chi connectivity index (χ4n) is 3.53. The molecule has 3 aromatic carbocycles. The summed E-state index contributed by atoms with van der Waals surface area (Å²) in [5, 5.41) is 11.7. The van der Waals surface area contributed by atoms with Crippen molar-refractivity contribution in [3.63, 3.8) is 0 Å². The molecule has 42 heavy (non-hydrogen) atoms. The summed E-state index contributed by atoms with van der Waals surface area (Å²) in [4.78, 5) is 37.4. The molecule has 14 heteroatoms. The van der Waals surface area contributed by atoms with Crippen LogP contribution in [-0.4, -0.2) is 32.6 Å². The Morgan fingerprint density at radius 2 is 1.74 bits per heavy atom. The standard InChI is InChI=1S/C28H23ClF3N3O6S/c1-15(2)27(38)35-42(39,40)21-5-6-23(16(3)8-21)34-25(36)14-41-24-7-4-20(29)12-22(24)26(37)18-9-17(13-33)10-19(11-18)28(30,31)32/h4-12,15H,14H2,1-3H3,(H,34,36)(H,35,38). The number of hydrogen-bond acceptors (Lipinski definition) is 7. The molecule has 0 saturated carbocycles. The SMILES string of the molecule is Cc1cc(S(=O)(=O)NC(=O)C(C)C)ccc1NC(=O)COc1ccc(Cl)cc1C(=O)c1cc(C#N)cc(C(F)(F)F)c1. The van der Waals surface area contributed by atoms with E-state index in [2.05, 4.69) is 5.32 Å². The van der Waals surface area contributed by atoms with Crippen molar-refractivity contribution < 1.29 is 40.7 Å². The van der Waals surface area contributed by atoms with Gasteiger partial charge in [-0.2, -0.15) is 18.4 Å². The summed E-state index contributed by atoms with van der Waals surface area (Å²) in [5.41, 5.74) is -1.67. The van der Waals surface area contributed by atoms with Crippen molar-refractivity contribution in [3.8, 4) is 11.8 Å². The molecule has 0 atom stereocenters. The molecule has 2 N–H and O–H groups in total. The molecule has 0 aliphatic rings. The van der Waals surface area contributed by atoms with Crippen molar-refractivity contribution in [2.75, 3.05) is 11.9 Å². The van der Waals surface area contributed by atoms with E-state index >= 15 is 0 Å². The molecule has 0 unspecified atom stereocenters. The van der Waals surface area contributed by atoms with E-state index in [1.54, 1.807) is 6.07 Å². The maximum atomic E-state index is 13.3. The number of anilines is 1. The van der Waals surface area contributed by atoms with Crippen LogP contribution in [0.1, 0.15) is 46.5 Å². The number of carbonyl (C=O) groups is 3. The first-order valence-corrected chi connectivity index (χ1v) is 13.9. The van der Waals surface area contributed by atoms with Gasteiger partial charge in [0.1, 0.15) is 5.75 Å². The number of ketones is 1. The molecule has 0 aliphatic heterocycles. The maximum absolute atomic E-state index is 13.3. The average Bonchev–Trinajstić information content (AvgIpc) is 2.91. The van der Waals surface area contributed by atoms with Crippen molar-refractivity contribution >= 4 is 44.9 Å². The molecule has 2 amide bonds. The Kier molecular flexibility index (Phi) is 9.65. The lowest BCUT2D eigenvalue weighted by Gasteiger charge is -2.14. The monoisotopic (exact) mass is 621 g/mol. The quantitative estimate of drug-likeness (QED) is 0.311. The van der Waals surface area contributed by atoms with Crippen LogP contribution in [0.3, 0.4) is 0 Å². The summed E-state index contributed by atoms with van der Waals surface area (Å²) in [5.74, 6) is -3.03. The van der Waals surface area contributed by atoms with Gasteiger partial charge in [0, 0.05) is 22.2 Å². The zero-order chi connectivity index (χ0) is 31.4. The van der Waals surface area contributed by atoms with Gasteiger partial charge < -0.3 is 10.1 Å². The van der Waals surface area contributed by atoms with Gasteiger partial charge in [0.15, 0.2) is 12.4 Å². The van der Waals surface area contributed by atoms with Crippen LogP contribution in [-0.2, 0) is 25.8 Å². The molecule has 0 heterocycles. The highest BCUT2D eigenvalue weighted by atomic mass is 35.5. The van der Waals surface area contributed by atoms with Crippen molar-refractivity contribution in [1.29, 1.82) is 5.26 Å². The third-order valence-corrected chi connectivity index (χ3v) is 7.32. The van der Waals surface area contributed by atoms with Crippen LogP contribution in [0.25, 0.3) is 0 Å². The number of ether oxygens (including phenoxy) is 1. The predicted octanol–water partition coefficient (Wildman–Crippen LogP) is 5.25. The largest absolute Gasteiger partial charge is 0.483 e. The Labute approximate surface area is 244 Å². The minimum Gasteiger partial charge on any atom is -0.483 e. The predicted molar refractivity (Wildman–Crippen MR) is 147 cm³/mol. The highest BCUT2D eigenvalue weighted by molar-refractivity contribution is 7.90. The van der Waals surface area contributed by atoms with Crippen LogP contribution in [0.4, 0.5) is 18.9 Å². The number of aryl methyl sites for hydroxylation is 1. The van der Waals surface area contributed by atoms with Gasteiger partial charge in [-0.15, -0.1) is 0 Å². The number of sulfonamides is 1. The van der Waals surface area contributed by atoms with E-state index in [1.165, 1.54) is 51.1 Å². The zero-order valence-corrected chi connectivity index (χ0v) is 23.9. The third kappa shape index (κ3) is 7.86. The Morgan fingerprint density at radius 3 is 2.33 bits per heavy atom. The van der Waals surface area contributed by atoms with E-state index in [0.717, 1.165) is 12.1 Å². The number of alkyl halides is 3. The van der Waals surface area contributed by atoms with Gasteiger partial charge in [-0.3, -0.25) is 14.4 Å². The van der Waals surface area contributed by atoms with Gasteiger partial charge in [0.25, 0.3) is 15.9 Å². The Hall–Kier alpha value is -4.41. The number of halogens is 4. The molecule has 0 saturated heterocycles. The molecule has 3 aromatic rings. The lowest BCUT2D eigenvalue weighted by atomic mass is 9.98. The smallest absolute Gasteiger partial charge is 0.416 e. The van der Waals surface area contributed by atoms with Crippen molar-refractivity contribution in [1.82, 2.24) is 4.72 Å². The Balaban J connectivity index is 1.79. The van der Waals surface area contributed by atoms with Crippen molar-refractivity contribution in [2.24, 2.45) is 5.92 Å². The van der Waals surface area contributed by atoms with Crippen LogP contribution >= 0.6 is 11.6 Å². The van der Waals surface area contributed by atoms with E-state index in [-0.39, 0.29) is 32.5 Å². The molecule has 0 aliphatic carbocycles. The van der Waals surface area contributed by atoms with Crippen LogP contribution in [0.15, 0.2) is 59.5 Å². The lowest BCUT2D eigenvalue weighted by molar-refractivity contribution is -0.137. The molecule has 0 fully saturated rings. The van der Waals surface area contributed by atoms with Crippen LogP contribution in [0.5, 0.6) is 5.75 Å². The summed E-state index contributed by atoms with van der Waals surface area (Å²) >= 11 is 6.00. The topological polar surface area (TPSA) is 142 Å².